The lowest BCUT2D eigenvalue weighted by molar-refractivity contribution is -0.122. The fourth-order valence-electron chi connectivity index (χ4n) is 3.65. The van der Waals surface area contributed by atoms with Gasteiger partial charge in [0.15, 0.2) is 5.13 Å². The highest BCUT2D eigenvalue weighted by atomic mass is 32.1. The van der Waals surface area contributed by atoms with Gasteiger partial charge < -0.3 is 10.1 Å². The summed E-state index contributed by atoms with van der Waals surface area (Å²) < 4.78 is 5.36. The number of amides is 2. The van der Waals surface area contributed by atoms with Gasteiger partial charge in [0.25, 0.3) is 5.91 Å². The number of methoxy groups -OCH3 is 1. The van der Waals surface area contributed by atoms with Crippen molar-refractivity contribution in [2.75, 3.05) is 19.0 Å². The van der Waals surface area contributed by atoms with Crippen molar-refractivity contribution in [2.45, 2.75) is 25.2 Å². The maximum atomic E-state index is 12.7. The molecule has 1 aliphatic rings. The van der Waals surface area contributed by atoms with Gasteiger partial charge in [0.2, 0.25) is 5.91 Å². The number of benzene rings is 2. The predicted molar refractivity (Wildman–Crippen MR) is 117 cm³/mol. The third kappa shape index (κ3) is 4.36. The molecule has 6 nitrogen and oxygen atoms in total. The van der Waals surface area contributed by atoms with Crippen LogP contribution in [0.15, 0.2) is 54.6 Å². The van der Waals surface area contributed by atoms with Gasteiger partial charge in [-0.15, -0.1) is 11.3 Å². The highest BCUT2D eigenvalue weighted by Gasteiger charge is 2.32. The Labute approximate surface area is 179 Å². The van der Waals surface area contributed by atoms with Crippen molar-refractivity contribution in [3.63, 3.8) is 0 Å². The zero-order valence-corrected chi connectivity index (χ0v) is 17.5. The van der Waals surface area contributed by atoms with Crippen LogP contribution in [-0.2, 0) is 17.6 Å². The minimum absolute atomic E-state index is 0.0186. The van der Waals surface area contributed by atoms with Crippen LogP contribution in [0, 0.1) is 0 Å². The molecule has 1 atom stereocenters. The van der Waals surface area contributed by atoms with Crippen LogP contribution in [0.1, 0.15) is 38.8 Å². The Balaban J connectivity index is 1.36. The minimum atomic E-state index is -0.267. The number of thiazole rings is 1. The minimum Gasteiger partial charge on any atom is -0.496 e. The molecule has 1 heterocycles. The van der Waals surface area contributed by atoms with E-state index < -0.39 is 0 Å². The number of aromatic nitrogens is 1. The van der Waals surface area contributed by atoms with Crippen LogP contribution in [-0.4, -0.2) is 30.5 Å². The fourth-order valence-corrected chi connectivity index (χ4v) is 4.68. The molecule has 3 aromatic rings. The van der Waals surface area contributed by atoms with E-state index in [4.69, 9.17) is 4.74 Å². The Bertz CT molecular complexity index is 1050. The van der Waals surface area contributed by atoms with Crippen LogP contribution in [0.3, 0.4) is 0 Å². The van der Waals surface area contributed by atoms with Crippen molar-refractivity contribution in [1.29, 1.82) is 0 Å². The largest absolute Gasteiger partial charge is 0.496 e. The molecule has 30 heavy (non-hydrogen) atoms. The van der Waals surface area contributed by atoms with Crippen LogP contribution in [0.5, 0.6) is 5.75 Å². The normalized spacial score (nSPS) is 14.8. The van der Waals surface area contributed by atoms with E-state index in [0.717, 1.165) is 34.7 Å². The van der Waals surface area contributed by atoms with Crippen LogP contribution in [0.25, 0.3) is 0 Å². The van der Waals surface area contributed by atoms with Gasteiger partial charge in [0.05, 0.1) is 18.7 Å². The number of carbonyl (C=O) groups excluding carboxylic acids is 2. The maximum Gasteiger partial charge on any atom is 0.257 e. The van der Waals surface area contributed by atoms with E-state index in [0.29, 0.717) is 23.7 Å². The first-order valence-electron chi connectivity index (χ1n) is 9.91. The van der Waals surface area contributed by atoms with E-state index in [1.165, 1.54) is 11.3 Å². The summed E-state index contributed by atoms with van der Waals surface area (Å²) in [4.78, 5) is 30.7. The summed E-state index contributed by atoms with van der Waals surface area (Å²) in [5.74, 6) is 0.347. The molecular formula is C23H23N3O3S. The second kappa shape index (κ2) is 9.09. The van der Waals surface area contributed by atoms with Crippen LogP contribution >= 0.6 is 11.3 Å². The lowest BCUT2D eigenvalue weighted by Crippen LogP contribution is -2.30. The van der Waals surface area contributed by atoms with Crippen molar-refractivity contribution in [1.82, 2.24) is 10.3 Å². The van der Waals surface area contributed by atoms with E-state index in [1.807, 2.05) is 42.5 Å². The van der Waals surface area contributed by atoms with Gasteiger partial charge in [0.1, 0.15) is 5.75 Å². The number of nitrogens with zero attached hydrogens (tertiary/aromatic N) is 1. The highest BCUT2D eigenvalue weighted by molar-refractivity contribution is 7.16. The summed E-state index contributed by atoms with van der Waals surface area (Å²) in [7, 11) is 1.65. The van der Waals surface area contributed by atoms with Gasteiger partial charge in [-0.2, -0.15) is 0 Å². The molecule has 1 aliphatic carbocycles. The van der Waals surface area contributed by atoms with Crippen LogP contribution in [0.4, 0.5) is 5.13 Å². The zero-order valence-electron chi connectivity index (χ0n) is 16.7. The third-order valence-electron chi connectivity index (χ3n) is 5.18. The molecule has 0 fully saturated rings. The number of nitrogens with one attached hydrogen (secondary N) is 2. The summed E-state index contributed by atoms with van der Waals surface area (Å²) in [6, 6.07) is 16.8. The Kier molecular flexibility index (Phi) is 6.09. The van der Waals surface area contributed by atoms with Gasteiger partial charge in [0, 0.05) is 17.0 Å². The standard InChI is InChI=1S/C23H23N3O3S/c1-29-18-10-6-5-7-15(18)13-14-24-22(28)17-11-12-19-20(17)25-23(30-19)26-21(27)16-8-3-2-4-9-16/h2-10,17H,11-14H2,1H3,(H,24,28)(H,25,26,27)/t17-/m1/s1. The molecule has 0 saturated heterocycles. The van der Waals surface area contributed by atoms with Gasteiger partial charge in [-0.3, -0.25) is 14.9 Å². The van der Waals surface area contributed by atoms with Gasteiger partial charge >= 0.3 is 0 Å². The van der Waals surface area contributed by atoms with E-state index in [2.05, 4.69) is 15.6 Å². The molecule has 2 amide bonds. The number of hydrogen-bond donors (Lipinski definition) is 2. The first kappa shape index (κ1) is 20.1. The van der Waals surface area contributed by atoms with Crippen molar-refractivity contribution < 1.29 is 14.3 Å². The number of ether oxygens (including phenoxy) is 1. The van der Waals surface area contributed by atoms with E-state index in [9.17, 15) is 9.59 Å². The van der Waals surface area contributed by atoms with Gasteiger partial charge in [-0.25, -0.2) is 4.98 Å². The molecule has 0 unspecified atom stereocenters. The molecule has 7 heteroatoms. The molecule has 154 valence electrons. The number of para-hydroxylation sites is 1. The first-order valence-corrected chi connectivity index (χ1v) is 10.7. The van der Waals surface area contributed by atoms with Crippen molar-refractivity contribution >= 4 is 28.3 Å². The average Bonchev–Trinajstić information content (AvgIpc) is 3.34. The lowest BCUT2D eigenvalue weighted by atomic mass is 10.1. The van der Waals surface area contributed by atoms with Gasteiger partial charge in [-0.1, -0.05) is 36.4 Å². The molecule has 1 aromatic heterocycles. The Morgan fingerprint density at radius 2 is 1.90 bits per heavy atom. The zero-order chi connectivity index (χ0) is 20.9. The molecule has 2 N–H and O–H groups in total. The maximum absolute atomic E-state index is 12.7. The first-order chi connectivity index (χ1) is 14.7. The Morgan fingerprint density at radius 3 is 2.70 bits per heavy atom. The fraction of sp³-hybridized carbons (Fsp3) is 0.261. The molecule has 0 bridgehead atoms. The summed E-state index contributed by atoms with van der Waals surface area (Å²) in [6.45, 7) is 0.535. The number of rotatable bonds is 7. The SMILES string of the molecule is COc1ccccc1CCNC(=O)[C@@H]1CCc2sc(NC(=O)c3ccccc3)nc21. The molecule has 4 rings (SSSR count). The van der Waals surface area contributed by atoms with Crippen LogP contribution in [0.2, 0.25) is 0 Å². The Hall–Kier alpha value is -3.19. The summed E-state index contributed by atoms with van der Waals surface area (Å²) in [5, 5.41) is 6.41. The molecule has 0 radical (unpaired) electrons. The summed E-state index contributed by atoms with van der Waals surface area (Å²) in [5.41, 5.74) is 2.43. The van der Waals surface area contributed by atoms with Crippen molar-refractivity contribution in [3.8, 4) is 5.75 Å². The van der Waals surface area contributed by atoms with Gasteiger partial charge in [-0.05, 0) is 43.0 Å². The van der Waals surface area contributed by atoms with Crippen LogP contribution < -0.4 is 15.4 Å². The molecule has 2 aromatic carbocycles. The lowest BCUT2D eigenvalue weighted by Gasteiger charge is -2.12. The van der Waals surface area contributed by atoms with Crippen molar-refractivity contribution in [3.05, 3.63) is 76.3 Å². The van der Waals surface area contributed by atoms with E-state index >= 15 is 0 Å². The second-order valence-corrected chi connectivity index (χ2v) is 8.18. The summed E-state index contributed by atoms with van der Waals surface area (Å²) in [6.07, 6.45) is 2.26. The Morgan fingerprint density at radius 1 is 1.13 bits per heavy atom. The number of carbonyl (C=O) groups is 2. The highest BCUT2D eigenvalue weighted by Crippen LogP contribution is 2.38. The molecular weight excluding hydrogens is 398 g/mol. The topological polar surface area (TPSA) is 80.3 Å². The molecule has 0 spiro atoms. The van der Waals surface area contributed by atoms with E-state index in [1.54, 1.807) is 19.2 Å². The smallest absolute Gasteiger partial charge is 0.257 e. The average molecular weight is 422 g/mol. The number of aryl methyl sites for hydroxylation is 1. The number of fused-ring (bicyclic) bond motifs is 1. The predicted octanol–water partition coefficient (Wildman–Crippen LogP) is 3.79. The van der Waals surface area contributed by atoms with Crippen molar-refractivity contribution in [2.24, 2.45) is 0 Å². The number of anilines is 1. The molecule has 0 saturated carbocycles. The summed E-state index contributed by atoms with van der Waals surface area (Å²) >= 11 is 1.45. The quantitative estimate of drug-likeness (QED) is 0.608. The third-order valence-corrected chi connectivity index (χ3v) is 6.22. The monoisotopic (exact) mass is 421 g/mol. The van der Waals surface area contributed by atoms with E-state index in [-0.39, 0.29) is 17.7 Å². The number of hydrogen-bond acceptors (Lipinski definition) is 5. The molecule has 0 aliphatic heterocycles. The second-order valence-electron chi connectivity index (χ2n) is 7.09.